The molecule has 7 nitrogen and oxygen atoms in total. The largest absolute Gasteiger partial charge is 0.486 e. The second-order valence-corrected chi connectivity index (χ2v) is 6.82. The molecule has 0 aromatic heterocycles. The quantitative estimate of drug-likeness (QED) is 0.610. The van der Waals surface area contributed by atoms with Gasteiger partial charge in [0.15, 0.2) is 11.5 Å². The van der Waals surface area contributed by atoms with Crippen molar-refractivity contribution in [3.63, 3.8) is 0 Å². The predicted molar refractivity (Wildman–Crippen MR) is 98.3 cm³/mol. The van der Waals surface area contributed by atoms with Gasteiger partial charge in [-0.05, 0) is 43.5 Å². The monoisotopic (exact) mass is 368 g/mol. The number of hydrogen-bond acceptors (Lipinski definition) is 5. The molecule has 1 saturated heterocycles. The highest BCUT2D eigenvalue weighted by Gasteiger charge is 2.32. The number of amides is 1. The number of likely N-dealkylation sites (tertiary alicyclic amines) is 1. The lowest BCUT2D eigenvalue weighted by atomic mass is 10.0. The number of aryl methyl sites for hydroxylation is 1. The minimum absolute atomic E-state index is 0.0315. The van der Waals surface area contributed by atoms with E-state index in [-0.39, 0.29) is 17.6 Å². The molecule has 2 aromatic rings. The summed E-state index contributed by atoms with van der Waals surface area (Å²) in [6.07, 6.45) is 1.73. The minimum Gasteiger partial charge on any atom is -0.486 e. The van der Waals surface area contributed by atoms with Gasteiger partial charge >= 0.3 is 0 Å². The molecule has 2 aliphatic heterocycles. The molecule has 0 N–H and O–H groups in total. The molecular weight excluding hydrogens is 348 g/mol. The highest BCUT2D eigenvalue weighted by molar-refractivity contribution is 5.95. The van der Waals surface area contributed by atoms with Crippen molar-refractivity contribution in [1.29, 1.82) is 0 Å². The summed E-state index contributed by atoms with van der Waals surface area (Å²) >= 11 is 0. The van der Waals surface area contributed by atoms with Crippen LogP contribution in [-0.2, 0) is 0 Å². The molecule has 0 saturated carbocycles. The fourth-order valence-corrected chi connectivity index (χ4v) is 3.73. The zero-order chi connectivity index (χ0) is 19.0. The highest BCUT2D eigenvalue weighted by Crippen LogP contribution is 2.38. The van der Waals surface area contributed by atoms with Crippen LogP contribution in [0.15, 0.2) is 36.4 Å². The van der Waals surface area contributed by atoms with Gasteiger partial charge in [-0.2, -0.15) is 0 Å². The lowest BCUT2D eigenvalue weighted by Crippen LogP contribution is -2.30. The maximum Gasteiger partial charge on any atom is 0.273 e. The maximum atomic E-state index is 13.1. The number of benzene rings is 2. The predicted octanol–water partition coefficient (Wildman–Crippen LogP) is 3.65. The van der Waals surface area contributed by atoms with Crippen LogP contribution in [0.4, 0.5) is 5.69 Å². The molecule has 140 valence electrons. The first-order valence-electron chi connectivity index (χ1n) is 9.00. The Bertz CT molecular complexity index is 911. The highest BCUT2D eigenvalue weighted by atomic mass is 16.6. The molecule has 0 bridgehead atoms. The molecule has 0 radical (unpaired) electrons. The van der Waals surface area contributed by atoms with Crippen LogP contribution in [0.25, 0.3) is 0 Å². The van der Waals surface area contributed by atoms with Crippen molar-refractivity contribution < 1.29 is 19.2 Å². The Kier molecular flexibility index (Phi) is 4.43. The minimum atomic E-state index is -0.450. The molecule has 0 unspecified atom stereocenters. The van der Waals surface area contributed by atoms with E-state index >= 15 is 0 Å². The fraction of sp³-hybridized carbons (Fsp3) is 0.350. The Balaban J connectivity index is 1.62. The molecule has 2 aliphatic rings. The number of nitro benzene ring substituents is 1. The van der Waals surface area contributed by atoms with Crippen molar-refractivity contribution in [3.8, 4) is 11.5 Å². The van der Waals surface area contributed by atoms with Gasteiger partial charge in [0, 0.05) is 23.7 Å². The Labute approximate surface area is 156 Å². The van der Waals surface area contributed by atoms with E-state index in [0.29, 0.717) is 36.6 Å². The van der Waals surface area contributed by atoms with Gasteiger partial charge in [-0.1, -0.05) is 12.1 Å². The Hall–Kier alpha value is -3.09. The molecule has 7 heteroatoms. The van der Waals surface area contributed by atoms with Crippen LogP contribution in [0.2, 0.25) is 0 Å². The van der Waals surface area contributed by atoms with E-state index in [0.717, 1.165) is 24.2 Å². The smallest absolute Gasteiger partial charge is 0.273 e. The third-order valence-corrected chi connectivity index (χ3v) is 5.12. The number of fused-ring (bicyclic) bond motifs is 1. The summed E-state index contributed by atoms with van der Waals surface area (Å²) in [7, 11) is 0. The molecule has 4 rings (SSSR count). The number of nitrogens with zero attached hydrogens (tertiary/aromatic N) is 2. The van der Waals surface area contributed by atoms with Gasteiger partial charge in [-0.3, -0.25) is 14.9 Å². The van der Waals surface area contributed by atoms with Gasteiger partial charge in [-0.15, -0.1) is 0 Å². The van der Waals surface area contributed by atoms with E-state index in [4.69, 9.17) is 9.47 Å². The van der Waals surface area contributed by atoms with E-state index in [1.54, 1.807) is 24.0 Å². The van der Waals surface area contributed by atoms with E-state index in [2.05, 4.69) is 0 Å². The summed E-state index contributed by atoms with van der Waals surface area (Å²) in [5.41, 5.74) is 1.85. The first-order valence-corrected chi connectivity index (χ1v) is 9.00. The Morgan fingerprint density at radius 3 is 2.70 bits per heavy atom. The summed E-state index contributed by atoms with van der Waals surface area (Å²) in [6, 6.07) is 10.3. The van der Waals surface area contributed by atoms with Gasteiger partial charge in [0.25, 0.3) is 11.6 Å². The van der Waals surface area contributed by atoms with Crippen molar-refractivity contribution >= 4 is 11.6 Å². The third kappa shape index (κ3) is 3.20. The van der Waals surface area contributed by atoms with Crippen LogP contribution in [0.5, 0.6) is 11.5 Å². The summed E-state index contributed by atoms with van der Waals surface area (Å²) in [6.45, 7) is 3.34. The van der Waals surface area contributed by atoms with Crippen molar-refractivity contribution in [2.24, 2.45) is 0 Å². The number of carbonyl (C=O) groups is 1. The van der Waals surface area contributed by atoms with Crippen molar-refractivity contribution in [2.45, 2.75) is 25.8 Å². The van der Waals surface area contributed by atoms with Gasteiger partial charge in [0.05, 0.1) is 11.0 Å². The molecule has 0 spiro atoms. The molecule has 0 aliphatic carbocycles. The fourth-order valence-electron chi connectivity index (χ4n) is 3.73. The standard InChI is InChI=1S/C20H20N2O5/c1-13-4-5-15(11-17(13)22(24)25)20(23)21-8-2-3-16(21)14-6-7-18-19(12-14)27-10-9-26-18/h4-7,11-12,16H,2-3,8-10H2,1H3/t16-/m0/s1. The maximum absolute atomic E-state index is 13.1. The number of rotatable bonds is 3. The van der Waals surface area contributed by atoms with Crippen molar-refractivity contribution in [1.82, 2.24) is 4.90 Å². The van der Waals surface area contributed by atoms with Crippen LogP contribution >= 0.6 is 0 Å². The van der Waals surface area contributed by atoms with Crippen molar-refractivity contribution in [3.05, 3.63) is 63.2 Å². The van der Waals surface area contributed by atoms with Gasteiger partial charge in [0.2, 0.25) is 0 Å². The molecule has 1 atom stereocenters. The van der Waals surface area contributed by atoms with Gasteiger partial charge in [0.1, 0.15) is 13.2 Å². The van der Waals surface area contributed by atoms with Crippen LogP contribution in [0.1, 0.15) is 40.4 Å². The summed E-state index contributed by atoms with van der Waals surface area (Å²) in [5.74, 6) is 1.23. The van der Waals surface area contributed by atoms with Crippen LogP contribution in [0, 0.1) is 17.0 Å². The number of ether oxygens (including phenoxy) is 2. The molecular formula is C20H20N2O5. The summed E-state index contributed by atoms with van der Waals surface area (Å²) in [5, 5.41) is 11.2. The Morgan fingerprint density at radius 1 is 1.15 bits per heavy atom. The molecule has 2 aromatic carbocycles. The average Bonchev–Trinajstić information content (AvgIpc) is 3.17. The van der Waals surface area contributed by atoms with Crippen LogP contribution in [-0.4, -0.2) is 35.5 Å². The Morgan fingerprint density at radius 2 is 1.93 bits per heavy atom. The lowest BCUT2D eigenvalue weighted by molar-refractivity contribution is -0.385. The first kappa shape index (κ1) is 17.3. The van der Waals surface area contributed by atoms with E-state index in [1.165, 1.54) is 6.07 Å². The SMILES string of the molecule is Cc1ccc(C(=O)N2CCC[C@H]2c2ccc3c(c2)OCCO3)cc1[N+](=O)[O-]. The number of hydrogen-bond donors (Lipinski definition) is 0. The van der Waals surface area contributed by atoms with Gasteiger partial charge < -0.3 is 14.4 Å². The van der Waals surface area contributed by atoms with E-state index in [9.17, 15) is 14.9 Å². The summed E-state index contributed by atoms with van der Waals surface area (Å²) in [4.78, 5) is 25.6. The number of nitro groups is 1. The zero-order valence-corrected chi connectivity index (χ0v) is 15.0. The summed E-state index contributed by atoms with van der Waals surface area (Å²) < 4.78 is 11.2. The lowest BCUT2D eigenvalue weighted by Gasteiger charge is -2.27. The number of carbonyl (C=O) groups excluding carboxylic acids is 1. The normalized spacial score (nSPS) is 18.4. The average molecular weight is 368 g/mol. The zero-order valence-electron chi connectivity index (χ0n) is 15.0. The second-order valence-electron chi connectivity index (χ2n) is 6.82. The van der Waals surface area contributed by atoms with E-state index in [1.807, 2.05) is 18.2 Å². The van der Waals surface area contributed by atoms with Crippen LogP contribution < -0.4 is 9.47 Å². The second kappa shape index (κ2) is 6.90. The van der Waals surface area contributed by atoms with Crippen molar-refractivity contribution in [2.75, 3.05) is 19.8 Å². The molecule has 1 amide bonds. The molecule has 2 heterocycles. The third-order valence-electron chi connectivity index (χ3n) is 5.12. The topological polar surface area (TPSA) is 81.9 Å². The first-order chi connectivity index (χ1) is 13.0. The molecule has 27 heavy (non-hydrogen) atoms. The van der Waals surface area contributed by atoms with E-state index < -0.39 is 4.92 Å². The molecule has 1 fully saturated rings. The van der Waals surface area contributed by atoms with Crippen LogP contribution in [0.3, 0.4) is 0 Å². The van der Waals surface area contributed by atoms with Gasteiger partial charge in [-0.25, -0.2) is 0 Å².